The third-order valence-electron chi connectivity index (χ3n) is 4.21. The van der Waals surface area contributed by atoms with Crippen molar-refractivity contribution in [2.45, 2.75) is 18.9 Å². The second-order valence-corrected chi connectivity index (χ2v) is 6.03. The van der Waals surface area contributed by atoms with Gasteiger partial charge in [-0.25, -0.2) is 4.39 Å². The molecule has 0 fully saturated rings. The zero-order chi connectivity index (χ0) is 16.4. The van der Waals surface area contributed by atoms with E-state index < -0.39 is 5.82 Å². The van der Waals surface area contributed by atoms with Crippen LogP contribution in [-0.2, 0) is 11.2 Å². The van der Waals surface area contributed by atoms with E-state index in [0.29, 0.717) is 5.75 Å². The van der Waals surface area contributed by atoms with E-state index in [4.69, 9.17) is 16.3 Å². The molecule has 2 aromatic carbocycles. The van der Waals surface area contributed by atoms with Gasteiger partial charge in [-0.05, 0) is 42.2 Å². The van der Waals surface area contributed by atoms with Gasteiger partial charge in [-0.1, -0.05) is 35.9 Å². The molecule has 3 nitrogen and oxygen atoms in total. The fourth-order valence-electron chi connectivity index (χ4n) is 2.94. The maximum absolute atomic E-state index is 13.0. The minimum atomic E-state index is -0.437. The normalized spacial score (nSPS) is 16.0. The molecule has 120 valence electrons. The number of carbonyl (C=O) groups is 1. The smallest absolute Gasteiger partial charge is 0.260 e. The molecular weight excluding hydrogens is 317 g/mol. The zero-order valence-electron chi connectivity index (χ0n) is 12.8. The van der Waals surface area contributed by atoms with Gasteiger partial charge in [0, 0.05) is 7.05 Å². The first kappa shape index (κ1) is 15.8. The number of hydrogen-bond donors (Lipinski definition) is 0. The van der Waals surface area contributed by atoms with Gasteiger partial charge in [0.25, 0.3) is 5.91 Å². The van der Waals surface area contributed by atoms with Crippen molar-refractivity contribution in [2.24, 2.45) is 0 Å². The fraction of sp³-hybridized carbons (Fsp3) is 0.278. The van der Waals surface area contributed by atoms with Crippen molar-refractivity contribution in [3.8, 4) is 5.75 Å². The van der Waals surface area contributed by atoms with Gasteiger partial charge < -0.3 is 9.64 Å². The van der Waals surface area contributed by atoms with Gasteiger partial charge in [0.15, 0.2) is 6.61 Å². The molecule has 0 aliphatic heterocycles. The maximum atomic E-state index is 13.0. The largest absolute Gasteiger partial charge is 0.482 e. The topological polar surface area (TPSA) is 29.5 Å². The predicted octanol–water partition coefficient (Wildman–Crippen LogP) is 4.00. The molecule has 1 atom stereocenters. The number of carbonyl (C=O) groups excluding carboxylic acids is 1. The SMILES string of the molecule is CN(C(=O)COc1ccc(F)cc1Cl)[C@H]1CCc2ccccc21. The van der Waals surface area contributed by atoms with Crippen LogP contribution in [0, 0.1) is 5.82 Å². The van der Waals surface area contributed by atoms with Gasteiger partial charge in [0.1, 0.15) is 11.6 Å². The lowest BCUT2D eigenvalue weighted by Gasteiger charge is -2.25. The van der Waals surface area contributed by atoms with Crippen LogP contribution >= 0.6 is 11.6 Å². The quantitative estimate of drug-likeness (QED) is 0.846. The number of benzene rings is 2. The molecule has 5 heteroatoms. The molecule has 1 aliphatic rings. The first-order valence-corrected chi connectivity index (χ1v) is 7.85. The number of aryl methyl sites for hydroxylation is 1. The average molecular weight is 334 g/mol. The van der Waals surface area contributed by atoms with Crippen molar-refractivity contribution in [1.29, 1.82) is 0 Å². The van der Waals surface area contributed by atoms with Crippen LogP contribution in [0.4, 0.5) is 4.39 Å². The van der Waals surface area contributed by atoms with Gasteiger partial charge in [-0.2, -0.15) is 0 Å². The Hall–Kier alpha value is -2.07. The van der Waals surface area contributed by atoms with Crippen LogP contribution < -0.4 is 4.74 Å². The highest BCUT2D eigenvalue weighted by Crippen LogP contribution is 2.35. The molecule has 0 aromatic heterocycles. The van der Waals surface area contributed by atoms with Crippen molar-refractivity contribution in [2.75, 3.05) is 13.7 Å². The Morgan fingerprint density at radius 1 is 1.35 bits per heavy atom. The standard InChI is InChI=1S/C18H17ClFNO2/c1-21(16-8-6-12-4-2-3-5-14(12)16)18(22)11-23-17-9-7-13(20)10-15(17)19/h2-5,7,9-10,16H,6,8,11H2,1H3/t16-/m0/s1. The lowest BCUT2D eigenvalue weighted by molar-refractivity contribution is -0.134. The number of likely N-dealkylation sites (N-methyl/N-ethyl adjacent to an activating group) is 1. The Labute approximate surface area is 139 Å². The van der Waals surface area contributed by atoms with Gasteiger partial charge in [0.2, 0.25) is 0 Å². The van der Waals surface area contributed by atoms with E-state index in [1.165, 1.54) is 23.3 Å². The molecule has 0 bridgehead atoms. The summed E-state index contributed by atoms with van der Waals surface area (Å²) >= 11 is 5.90. The molecule has 1 aliphatic carbocycles. The number of nitrogens with zero attached hydrogens (tertiary/aromatic N) is 1. The Bertz CT molecular complexity index is 735. The van der Waals surface area contributed by atoms with Gasteiger partial charge in [0.05, 0.1) is 11.1 Å². The Morgan fingerprint density at radius 3 is 2.91 bits per heavy atom. The van der Waals surface area contributed by atoms with Crippen LogP contribution in [0.15, 0.2) is 42.5 Å². The molecule has 0 saturated carbocycles. The van der Waals surface area contributed by atoms with Crippen LogP contribution in [0.2, 0.25) is 5.02 Å². The first-order chi connectivity index (χ1) is 11.1. The monoisotopic (exact) mass is 333 g/mol. The lowest BCUT2D eigenvalue weighted by atomic mass is 10.1. The molecule has 1 amide bonds. The summed E-state index contributed by atoms with van der Waals surface area (Å²) < 4.78 is 18.4. The minimum absolute atomic E-state index is 0.0750. The summed E-state index contributed by atoms with van der Waals surface area (Å²) in [5, 5.41) is 0.159. The van der Waals surface area contributed by atoms with E-state index in [1.54, 1.807) is 11.9 Å². The fourth-order valence-corrected chi connectivity index (χ4v) is 3.17. The van der Waals surface area contributed by atoms with Crippen LogP contribution in [0.1, 0.15) is 23.6 Å². The zero-order valence-corrected chi connectivity index (χ0v) is 13.5. The van der Waals surface area contributed by atoms with E-state index >= 15 is 0 Å². The van der Waals surface area contributed by atoms with Crippen LogP contribution in [0.3, 0.4) is 0 Å². The molecule has 2 aromatic rings. The highest BCUT2D eigenvalue weighted by Gasteiger charge is 2.28. The Morgan fingerprint density at radius 2 is 2.13 bits per heavy atom. The maximum Gasteiger partial charge on any atom is 0.260 e. The minimum Gasteiger partial charge on any atom is -0.482 e. The highest BCUT2D eigenvalue weighted by atomic mass is 35.5. The Balaban J connectivity index is 1.65. The summed E-state index contributed by atoms with van der Waals surface area (Å²) in [6.45, 7) is -0.124. The molecule has 0 saturated heterocycles. The number of fused-ring (bicyclic) bond motifs is 1. The molecule has 0 unspecified atom stereocenters. The molecular formula is C18H17ClFNO2. The van der Waals surface area contributed by atoms with Gasteiger partial charge in [-0.3, -0.25) is 4.79 Å². The van der Waals surface area contributed by atoms with Crippen molar-refractivity contribution < 1.29 is 13.9 Å². The van der Waals surface area contributed by atoms with Crippen LogP contribution in [-0.4, -0.2) is 24.5 Å². The number of ether oxygens (including phenoxy) is 1. The van der Waals surface area contributed by atoms with Gasteiger partial charge >= 0.3 is 0 Å². The first-order valence-electron chi connectivity index (χ1n) is 7.47. The second kappa shape index (κ2) is 6.59. The molecule has 0 spiro atoms. The third-order valence-corrected chi connectivity index (χ3v) is 4.50. The summed E-state index contributed by atoms with van der Waals surface area (Å²) in [4.78, 5) is 14.1. The average Bonchev–Trinajstić information content (AvgIpc) is 2.97. The number of rotatable bonds is 4. The predicted molar refractivity (Wildman–Crippen MR) is 87.2 cm³/mol. The van der Waals surface area contributed by atoms with E-state index in [9.17, 15) is 9.18 Å². The Kier molecular flexibility index (Phi) is 4.53. The van der Waals surface area contributed by atoms with E-state index in [1.807, 2.05) is 12.1 Å². The van der Waals surface area contributed by atoms with E-state index in [-0.39, 0.29) is 23.6 Å². The van der Waals surface area contributed by atoms with Crippen molar-refractivity contribution in [3.05, 3.63) is 64.4 Å². The van der Waals surface area contributed by atoms with E-state index in [0.717, 1.165) is 18.9 Å². The van der Waals surface area contributed by atoms with Crippen molar-refractivity contribution >= 4 is 17.5 Å². The molecule has 3 rings (SSSR count). The number of hydrogen-bond acceptors (Lipinski definition) is 2. The lowest BCUT2D eigenvalue weighted by Crippen LogP contribution is -2.34. The third kappa shape index (κ3) is 3.32. The summed E-state index contributed by atoms with van der Waals surface area (Å²) in [7, 11) is 1.78. The summed E-state index contributed by atoms with van der Waals surface area (Å²) in [6.07, 6.45) is 1.89. The van der Waals surface area contributed by atoms with E-state index in [2.05, 4.69) is 12.1 Å². The summed E-state index contributed by atoms with van der Waals surface area (Å²) in [5.41, 5.74) is 2.49. The van der Waals surface area contributed by atoms with Crippen LogP contribution in [0.5, 0.6) is 5.75 Å². The van der Waals surface area contributed by atoms with Gasteiger partial charge in [-0.15, -0.1) is 0 Å². The number of halogens is 2. The summed E-state index contributed by atoms with van der Waals surface area (Å²) in [5.74, 6) is -0.262. The second-order valence-electron chi connectivity index (χ2n) is 5.62. The molecule has 0 heterocycles. The number of amides is 1. The van der Waals surface area contributed by atoms with Crippen molar-refractivity contribution in [1.82, 2.24) is 4.90 Å². The highest BCUT2D eigenvalue weighted by molar-refractivity contribution is 6.32. The van der Waals surface area contributed by atoms with Crippen LogP contribution in [0.25, 0.3) is 0 Å². The molecule has 0 radical (unpaired) electrons. The van der Waals surface area contributed by atoms with Crippen molar-refractivity contribution in [3.63, 3.8) is 0 Å². The summed E-state index contributed by atoms with van der Waals surface area (Å²) in [6, 6.07) is 12.1. The molecule has 0 N–H and O–H groups in total. The molecule has 23 heavy (non-hydrogen) atoms.